The van der Waals surface area contributed by atoms with Gasteiger partial charge in [0.2, 0.25) is 0 Å². The van der Waals surface area contributed by atoms with Gasteiger partial charge in [0.05, 0.1) is 0 Å². The van der Waals surface area contributed by atoms with Crippen LogP contribution in [0.15, 0.2) is 68.1 Å². The molecule has 0 N–H and O–H groups in total. The molecule has 0 heterocycles. The smallest absolute Gasteiger partial charge is 0.768 e. The van der Waals surface area contributed by atoms with Crippen molar-refractivity contribution in [1.82, 2.24) is 0 Å². The molecule has 2 unspecified atom stereocenters. The van der Waals surface area contributed by atoms with Crippen molar-refractivity contribution in [3.8, 4) is 0 Å². The van der Waals surface area contributed by atoms with Crippen LogP contribution in [0.3, 0.4) is 0 Å². The van der Waals surface area contributed by atoms with Crippen LogP contribution in [-0.2, 0) is 41.6 Å². The number of hydrogen-bond acceptors (Lipinski definition) is 6. The molecular weight excluding hydrogens is 402 g/mol. The van der Waals surface area contributed by atoms with Crippen molar-refractivity contribution in [2.75, 3.05) is 0 Å². The molecular formula is C12H10O4S4Zn. The van der Waals surface area contributed by atoms with Crippen molar-refractivity contribution in [1.29, 1.82) is 0 Å². The summed E-state index contributed by atoms with van der Waals surface area (Å²) in [6, 6.07) is 13.1. The van der Waals surface area contributed by atoms with Crippen LogP contribution in [0.1, 0.15) is 0 Å². The Hall–Kier alpha value is -0.0166. The molecule has 0 aliphatic heterocycles. The van der Waals surface area contributed by atoms with Crippen molar-refractivity contribution in [2.24, 2.45) is 0 Å². The van der Waals surface area contributed by atoms with Gasteiger partial charge in [0.15, 0.2) is 0 Å². The first-order valence-corrected chi connectivity index (χ1v) is 8.22. The van der Waals surface area contributed by atoms with Crippen LogP contribution in [0.5, 0.6) is 0 Å². The third-order valence-electron chi connectivity index (χ3n) is 2.09. The molecule has 9 heteroatoms. The summed E-state index contributed by atoms with van der Waals surface area (Å²) in [5, 5.41) is 0. The van der Waals surface area contributed by atoms with E-state index in [0.717, 1.165) is 0 Å². The van der Waals surface area contributed by atoms with E-state index in [1.165, 1.54) is 12.1 Å². The van der Waals surface area contributed by atoms with E-state index < -0.39 is 22.2 Å². The Morgan fingerprint density at radius 2 is 1.00 bits per heavy atom. The van der Waals surface area contributed by atoms with Crippen LogP contribution in [0.4, 0.5) is 0 Å². The fraction of sp³-hybridized carbons (Fsp3) is 0. The maximum atomic E-state index is 10.4. The third kappa shape index (κ3) is 7.19. The van der Waals surface area contributed by atoms with Gasteiger partial charge in [-0.05, 0) is 46.4 Å². The second-order valence-corrected chi connectivity index (χ2v) is 6.19. The molecule has 0 aliphatic rings. The zero-order chi connectivity index (χ0) is 15.1. The first-order valence-electron chi connectivity index (χ1n) is 5.18. The molecule has 0 spiro atoms. The standard InChI is InChI=1S/2C6H6O2S2.Zn/c2*7-10(8)6-4-2-1-3-5(6)9;/h2*1-4,9H,(H,7,8);/q;;+2/p-2. The molecule has 0 saturated heterocycles. The van der Waals surface area contributed by atoms with Gasteiger partial charge in [0.1, 0.15) is 0 Å². The van der Waals surface area contributed by atoms with Crippen molar-refractivity contribution in [2.45, 2.75) is 19.6 Å². The minimum atomic E-state index is -2.17. The van der Waals surface area contributed by atoms with Crippen LogP contribution in [0.2, 0.25) is 0 Å². The van der Waals surface area contributed by atoms with Crippen molar-refractivity contribution >= 4 is 47.4 Å². The summed E-state index contributed by atoms with van der Waals surface area (Å²) in [5.74, 6) is 0. The van der Waals surface area contributed by atoms with Gasteiger partial charge in [-0.1, -0.05) is 24.3 Å². The summed E-state index contributed by atoms with van der Waals surface area (Å²) in [7, 11) is 0. The average molecular weight is 412 g/mol. The molecule has 0 aromatic heterocycles. The Morgan fingerprint density at radius 1 is 0.714 bits per heavy atom. The quantitative estimate of drug-likeness (QED) is 0.452. The Morgan fingerprint density at radius 3 is 1.19 bits per heavy atom. The van der Waals surface area contributed by atoms with E-state index in [1.54, 1.807) is 36.4 Å². The van der Waals surface area contributed by atoms with Crippen molar-refractivity contribution in [3.05, 3.63) is 48.5 Å². The zero-order valence-corrected chi connectivity index (χ0v) is 17.1. The maximum Gasteiger partial charge on any atom is 2.00 e. The van der Waals surface area contributed by atoms with Crippen molar-refractivity contribution in [3.63, 3.8) is 0 Å². The third-order valence-corrected chi connectivity index (χ3v) is 4.60. The van der Waals surface area contributed by atoms with E-state index in [0.29, 0.717) is 9.79 Å². The number of hydrogen-bond donors (Lipinski definition) is 2. The van der Waals surface area contributed by atoms with E-state index in [-0.39, 0.29) is 29.3 Å². The first-order chi connectivity index (χ1) is 9.43. The molecule has 4 nitrogen and oxygen atoms in total. The average Bonchev–Trinajstić information content (AvgIpc) is 2.40. The molecule has 0 amide bonds. The van der Waals surface area contributed by atoms with E-state index >= 15 is 0 Å². The predicted molar refractivity (Wildman–Crippen MR) is 81.8 cm³/mol. The van der Waals surface area contributed by atoms with Gasteiger partial charge in [-0.3, -0.25) is 8.42 Å². The maximum absolute atomic E-state index is 10.4. The summed E-state index contributed by atoms with van der Waals surface area (Å²) in [4.78, 5) is 1.45. The number of benzene rings is 2. The molecule has 0 radical (unpaired) electrons. The fourth-order valence-corrected chi connectivity index (χ4v) is 2.82. The fourth-order valence-electron chi connectivity index (χ4n) is 1.20. The molecule has 0 aliphatic carbocycles. The molecule has 21 heavy (non-hydrogen) atoms. The molecule has 2 aromatic carbocycles. The van der Waals surface area contributed by atoms with Gasteiger partial charge in [0, 0.05) is 19.6 Å². The zero-order valence-electron chi connectivity index (χ0n) is 10.7. The summed E-state index contributed by atoms with van der Waals surface area (Å²) in [6.07, 6.45) is 0. The second kappa shape index (κ2) is 10.7. The molecule has 2 rings (SSSR count). The van der Waals surface area contributed by atoms with Gasteiger partial charge in [-0.2, -0.15) is 0 Å². The van der Waals surface area contributed by atoms with Crippen LogP contribution in [-0.4, -0.2) is 17.5 Å². The van der Waals surface area contributed by atoms with Gasteiger partial charge < -0.3 is 9.11 Å². The van der Waals surface area contributed by atoms with Crippen LogP contribution in [0, 0.1) is 0 Å². The van der Waals surface area contributed by atoms with E-state index in [4.69, 9.17) is 0 Å². The minimum Gasteiger partial charge on any atom is -0.768 e. The van der Waals surface area contributed by atoms with Gasteiger partial charge in [-0.25, -0.2) is 0 Å². The normalized spacial score (nSPS) is 12.4. The van der Waals surface area contributed by atoms with Gasteiger partial charge >= 0.3 is 19.5 Å². The van der Waals surface area contributed by atoms with Crippen LogP contribution in [0.25, 0.3) is 0 Å². The Labute approximate surface area is 151 Å². The molecule has 0 bridgehead atoms. The predicted octanol–water partition coefficient (Wildman–Crippen LogP) is 2.42. The monoisotopic (exact) mass is 410 g/mol. The minimum absolute atomic E-state index is 0. The number of thiol groups is 2. The Bertz CT molecular complexity index is 581. The SMILES string of the molecule is O=S([O-])c1ccccc1S.O=S([O-])c1ccccc1S.[Zn+2]. The molecule has 0 fully saturated rings. The van der Waals surface area contributed by atoms with E-state index in [9.17, 15) is 17.5 Å². The van der Waals surface area contributed by atoms with Crippen molar-refractivity contribution < 1.29 is 37.0 Å². The first kappa shape index (κ1) is 21.0. The summed E-state index contributed by atoms with van der Waals surface area (Å²) < 4.78 is 41.5. The summed E-state index contributed by atoms with van der Waals surface area (Å²) in [6.45, 7) is 0. The van der Waals surface area contributed by atoms with Gasteiger partial charge in [-0.15, -0.1) is 25.3 Å². The second-order valence-electron chi connectivity index (χ2n) is 3.40. The van der Waals surface area contributed by atoms with E-state index in [2.05, 4.69) is 25.3 Å². The Kier molecular flexibility index (Phi) is 10.7. The summed E-state index contributed by atoms with van der Waals surface area (Å²) >= 11 is 3.55. The van der Waals surface area contributed by atoms with Crippen LogP contribution < -0.4 is 0 Å². The van der Waals surface area contributed by atoms with E-state index in [1.807, 2.05) is 0 Å². The largest absolute Gasteiger partial charge is 2.00 e. The van der Waals surface area contributed by atoms with Gasteiger partial charge in [0.25, 0.3) is 0 Å². The van der Waals surface area contributed by atoms with Crippen LogP contribution >= 0.6 is 25.3 Å². The topological polar surface area (TPSA) is 80.3 Å². The molecule has 0 saturated carbocycles. The molecule has 2 aromatic rings. The Balaban J connectivity index is 0.000000364. The molecule has 2 atom stereocenters. The number of rotatable bonds is 2. The molecule has 108 valence electrons. The summed E-state index contributed by atoms with van der Waals surface area (Å²) in [5.41, 5.74) is 0.